The Morgan fingerprint density at radius 1 is 1.00 bits per heavy atom. The smallest absolute Gasteiger partial charge is 0.333 e. The molecule has 0 aliphatic heterocycles. The number of hydrogen-bond donors (Lipinski definition) is 0. The van der Waals surface area contributed by atoms with Crippen molar-refractivity contribution in [1.82, 2.24) is 0 Å². The number of carbonyl (C=O) groups excluding carboxylic acids is 2. The molecule has 0 saturated heterocycles. The molecule has 0 aromatic carbocycles. The summed E-state index contributed by atoms with van der Waals surface area (Å²) in [6.45, 7) is 8.16. The van der Waals surface area contributed by atoms with E-state index in [9.17, 15) is 9.59 Å². The van der Waals surface area contributed by atoms with E-state index < -0.39 is 0 Å². The molecule has 0 bridgehead atoms. The average molecular weight is 324 g/mol. The minimum atomic E-state index is -0.374. The molecule has 0 N–H and O–H groups in total. The number of methoxy groups -OCH3 is 1. The van der Waals surface area contributed by atoms with Gasteiger partial charge in [0.2, 0.25) is 0 Å². The van der Waals surface area contributed by atoms with Crippen molar-refractivity contribution in [2.24, 2.45) is 0 Å². The van der Waals surface area contributed by atoms with Crippen molar-refractivity contribution in [3.05, 3.63) is 36.1 Å². The molecule has 0 heterocycles. The van der Waals surface area contributed by atoms with Gasteiger partial charge in [-0.2, -0.15) is 0 Å². The predicted octanol–water partition coefficient (Wildman–Crippen LogP) is 3.71. The highest BCUT2D eigenvalue weighted by atomic mass is 16.5. The Hall–Kier alpha value is -2.04. The van der Waals surface area contributed by atoms with E-state index in [2.05, 4.69) is 11.3 Å². The second kappa shape index (κ2) is 13.6. The summed E-state index contributed by atoms with van der Waals surface area (Å²) in [6, 6.07) is 0. The second-order valence-corrected chi connectivity index (χ2v) is 4.95. The summed E-state index contributed by atoms with van der Waals surface area (Å²) in [5, 5.41) is 0. The molecule has 23 heavy (non-hydrogen) atoms. The van der Waals surface area contributed by atoms with Gasteiger partial charge in [0, 0.05) is 11.6 Å². The van der Waals surface area contributed by atoms with Crippen LogP contribution in [-0.2, 0) is 23.8 Å². The lowest BCUT2D eigenvalue weighted by atomic mass is 10.2. The van der Waals surface area contributed by atoms with Crippen molar-refractivity contribution < 1.29 is 23.8 Å². The van der Waals surface area contributed by atoms with Crippen LogP contribution in [0.25, 0.3) is 0 Å². The van der Waals surface area contributed by atoms with Crippen LogP contribution < -0.4 is 0 Å². The Morgan fingerprint density at radius 3 is 2.13 bits per heavy atom. The number of ether oxygens (including phenoxy) is 3. The minimum Gasteiger partial charge on any atom is -0.498 e. The van der Waals surface area contributed by atoms with Gasteiger partial charge in [0.25, 0.3) is 0 Å². The lowest BCUT2D eigenvalue weighted by molar-refractivity contribution is -0.138. The summed E-state index contributed by atoms with van der Waals surface area (Å²) >= 11 is 0. The highest BCUT2D eigenvalue weighted by Gasteiger charge is 2.05. The molecule has 0 radical (unpaired) electrons. The molecule has 0 amide bonds. The van der Waals surface area contributed by atoms with E-state index in [0.717, 1.165) is 31.4 Å². The molecule has 0 fully saturated rings. The third kappa shape index (κ3) is 11.2. The zero-order chi connectivity index (χ0) is 17.5. The van der Waals surface area contributed by atoms with Gasteiger partial charge < -0.3 is 14.2 Å². The van der Waals surface area contributed by atoms with Gasteiger partial charge in [0.1, 0.15) is 0 Å². The highest BCUT2D eigenvalue weighted by molar-refractivity contribution is 5.88. The number of unbranched alkanes of at least 4 members (excludes halogenated alkanes) is 3. The third-order valence-corrected chi connectivity index (χ3v) is 3.13. The van der Waals surface area contributed by atoms with E-state index >= 15 is 0 Å². The Kier molecular flexibility index (Phi) is 12.4. The molecule has 0 aliphatic rings. The fourth-order valence-corrected chi connectivity index (χ4v) is 1.75. The number of rotatable bonds is 12. The molecular formula is C18H28O5. The summed E-state index contributed by atoms with van der Waals surface area (Å²) < 4.78 is 15.2. The fraction of sp³-hybridized carbons (Fsp3) is 0.556. The molecule has 0 aromatic heterocycles. The highest BCUT2D eigenvalue weighted by Crippen LogP contribution is 2.07. The molecule has 0 spiro atoms. The van der Waals surface area contributed by atoms with E-state index in [1.165, 1.54) is 13.2 Å². The Labute approximate surface area is 139 Å². The topological polar surface area (TPSA) is 61.8 Å². The fourth-order valence-electron chi connectivity index (χ4n) is 1.75. The number of carbonyl (C=O) groups is 2. The van der Waals surface area contributed by atoms with Gasteiger partial charge >= 0.3 is 11.9 Å². The molecule has 0 aliphatic carbocycles. The van der Waals surface area contributed by atoms with Crippen molar-refractivity contribution in [2.45, 2.75) is 46.0 Å². The first-order valence-electron chi connectivity index (χ1n) is 7.92. The Balaban J connectivity index is 3.81. The summed E-state index contributed by atoms with van der Waals surface area (Å²) in [5.74, 6) is 0.0778. The van der Waals surface area contributed by atoms with E-state index in [-0.39, 0.29) is 11.9 Å². The van der Waals surface area contributed by atoms with Crippen molar-refractivity contribution in [1.29, 1.82) is 0 Å². The van der Waals surface area contributed by atoms with Crippen LogP contribution in [0.3, 0.4) is 0 Å². The first-order valence-corrected chi connectivity index (χ1v) is 7.92. The molecule has 5 nitrogen and oxygen atoms in total. The quantitative estimate of drug-likeness (QED) is 0.180. The molecule has 5 heteroatoms. The maximum atomic E-state index is 11.4. The van der Waals surface area contributed by atoms with Crippen molar-refractivity contribution in [2.75, 3.05) is 20.3 Å². The third-order valence-electron chi connectivity index (χ3n) is 3.13. The molecule has 0 unspecified atom stereocenters. The lowest BCUT2D eigenvalue weighted by Crippen LogP contribution is -2.03. The van der Waals surface area contributed by atoms with Crippen molar-refractivity contribution in [3.63, 3.8) is 0 Å². The Morgan fingerprint density at radius 2 is 1.61 bits per heavy atom. The number of hydrogen-bond acceptors (Lipinski definition) is 5. The second-order valence-electron chi connectivity index (χ2n) is 4.95. The maximum Gasteiger partial charge on any atom is 0.333 e. The van der Waals surface area contributed by atoms with Gasteiger partial charge in [0.05, 0.1) is 26.1 Å². The zero-order valence-electron chi connectivity index (χ0n) is 14.4. The van der Waals surface area contributed by atoms with Crippen LogP contribution in [0.15, 0.2) is 36.1 Å². The van der Waals surface area contributed by atoms with E-state index in [0.29, 0.717) is 25.2 Å². The molecule has 130 valence electrons. The van der Waals surface area contributed by atoms with Crippen LogP contribution in [0, 0.1) is 0 Å². The van der Waals surface area contributed by atoms with E-state index in [1.54, 1.807) is 12.2 Å². The summed E-state index contributed by atoms with van der Waals surface area (Å²) in [4.78, 5) is 22.2. The normalized spacial score (nSPS) is 11.8. The van der Waals surface area contributed by atoms with Gasteiger partial charge in [-0.05, 0) is 51.2 Å². The molecule has 0 rings (SSSR count). The molecule has 0 saturated carbocycles. The molecule has 0 atom stereocenters. The van der Waals surface area contributed by atoms with Crippen LogP contribution in [0.2, 0.25) is 0 Å². The summed E-state index contributed by atoms with van der Waals surface area (Å²) in [7, 11) is 1.37. The zero-order valence-corrected chi connectivity index (χ0v) is 14.4. The number of allylic oxidation sites excluding steroid dienone is 3. The van der Waals surface area contributed by atoms with Gasteiger partial charge in [0.15, 0.2) is 0 Å². The molecule has 0 aromatic rings. The Bertz CT molecular complexity index is 435. The van der Waals surface area contributed by atoms with Crippen molar-refractivity contribution >= 4 is 11.9 Å². The lowest BCUT2D eigenvalue weighted by Gasteiger charge is -2.06. The first-order chi connectivity index (χ1) is 11.0. The van der Waals surface area contributed by atoms with Crippen LogP contribution in [0.4, 0.5) is 0 Å². The summed E-state index contributed by atoms with van der Waals surface area (Å²) in [5.41, 5.74) is 0.615. The van der Waals surface area contributed by atoms with Crippen LogP contribution >= 0.6 is 0 Å². The maximum absolute atomic E-state index is 11.4. The predicted molar refractivity (Wildman–Crippen MR) is 89.7 cm³/mol. The monoisotopic (exact) mass is 324 g/mol. The van der Waals surface area contributed by atoms with Gasteiger partial charge in [-0.15, -0.1) is 0 Å². The summed E-state index contributed by atoms with van der Waals surface area (Å²) in [6.07, 6.45) is 9.07. The van der Waals surface area contributed by atoms with E-state index in [4.69, 9.17) is 9.47 Å². The average Bonchev–Trinajstić information content (AvgIpc) is 2.56. The first kappa shape index (κ1) is 21.0. The molecular weight excluding hydrogens is 296 g/mol. The van der Waals surface area contributed by atoms with Gasteiger partial charge in [-0.3, -0.25) is 0 Å². The van der Waals surface area contributed by atoms with E-state index in [1.807, 2.05) is 13.8 Å². The van der Waals surface area contributed by atoms with Crippen LogP contribution in [-0.4, -0.2) is 32.3 Å². The minimum absolute atomic E-state index is 0.311. The van der Waals surface area contributed by atoms with Gasteiger partial charge in [-0.1, -0.05) is 13.5 Å². The van der Waals surface area contributed by atoms with Crippen LogP contribution in [0.1, 0.15) is 46.0 Å². The standard InChI is InChI=1S/C18H28O5/c1-5-16(18(20)21-4)12-11-15(3)22-13-9-7-8-10-14-23-17(19)6-2/h6,11-12H,2,5,7-10,13-14H2,1,3-4H3/b15-11+,16-12+. The largest absolute Gasteiger partial charge is 0.498 e. The van der Waals surface area contributed by atoms with Crippen LogP contribution in [0.5, 0.6) is 0 Å². The number of esters is 2. The van der Waals surface area contributed by atoms with Gasteiger partial charge in [-0.25, -0.2) is 9.59 Å². The van der Waals surface area contributed by atoms with Crippen molar-refractivity contribution in [3.8, 4) is 0 Å². The SMILES string of the molecule is C=CC(=O)OCCCCCCO/C(C)=C/C=C(\CC)C(=O)OC.